The summed E-state index contributed by atoms with van der Waals surface area (Å²) in [6.45, 7) is 0. The fourth-order valence-electron chi connectivity index (χ4n) is 5.36. The number of hydrogen-bond acceptors (Lipinski definition) is 1. The highest BCUT2D eigenvalue weighted by Crippen LogP contribution is 2.78. The second kappa shape index (κ2) is 8.00. The topological polar surface area (TPSA) is 37.3 Å². The van der Waals surface area contributed by atoms with Crippen molar-refractivity contribution in [3.63, 3.8) is 0 Å². The molecule has 1 aliphatic carbocycles. The van der Waals surface area contributed by atoms with E-state index < -0.39 is 14.4 Å². The Hall–Kier alpha value is -1.26. The van der Waals surface area contributed by atoms with Crippen molar-refractivity contribution in [2.75, 3.05) is 5.75 Å². The Kier molecular flexibility index (Phi) is 5.65. The van der Waals surface area contributed by atoms with Crippen molar-refractivity contribution < 1.29 is 9.90 Å². The standard InChI is InChI=1S/C23H27BrO2S/c24-27(16-23(25)26)21-14-8-7-13-19(21)20(17-9-3-1-4-10-17)15-22(27)18-11-5-2-6-12-18/h1-6,9-12,19-22H,7-8,13-16H2,(H,25,26). The molecular weight excluding hydrogens is 420 g/mol. The summed E-state index contributed by atoms with van der Waals surface area (Å²) in [6.07, 6.45) is 5.93. The van der Waals surface area contributed by atoms with Crippen molar-refractivity contribution in [2.24, 2.45) is 5.92 Å². The monoisotopic (exact) mass is 446 g/mol. The molecule has 4 heteroatoms. The van der Waals surface area contributed by atoms with E-state index >= 15 is 0 Å². The molecule has 1 heterocycles. The van der Waals surface area contributed by atoms with Crippen LogP contribution in [0.15, 0.2) is 60.7 Å². The zero-order valence-electron chi connectivity index (χ0n) is 15.5. The van der Waals surface area contributed by atoms with Crippen molar-refractivity contribution >= 4 is 29.2 Å². The lowest BCUT2D eigenvalue weighted by Crippen LogP contribution is -2.41. The molecule has 2 fully saturated rings. The van der Waals surface area contributed by atoms with Crippen molar-refractivity contribution in [1.29, 1.82) is 0 Å². The Morgan fingerprint density at radius 2 is 1.56 bits per heavy atom. The van der Waals surface area contributed by atoms with Crippen LogP contribution in [0.2, 0.25) is 0 Å². The average molecular weight is 447 g/mol. The molecule has 2 aromatic carbocycles. The van der Waals surface area contributed by atoms with Crippen molar-refractivity contribution in [1.82, 2.24) is 0 Å². The predicted molar refractivity (Wildman–Crippen MR) is 118 cm³/mol. The van der Waals surface area contributed by atoms with Gasteiger partial charge in [-0.15, -0.1) is 0 Å². The van der Waals surface area contributed by atoms with Crippen LogP contribution >= 0.6 is 23.3 Å². The maximum atomic E-state index is 11.9. The van der Waals surface area contributed by atoms with Crippen LogP contribution in [-0.2, 0) is 4.79 Å². The van der Waals surface area contributed by atoms with Crippen LogP contribution in [0.3, 0.4) is 0 Å². The zero-order chi connectivity index (χ0) is 18.9. The van der Waals surface area contributed by atoms with E-state index in [1.165, 1.54) is 30.4 Å². The fraction of sp³-hybridized carbons (Fsp3) is 0.435. The van der Waals surface area contributed by atoms with Gasteiger partial charge in [0.2, 0.25) is 0 Å². The molecule has 0 aromatic heterocycles. The summed E-state index contributed by atoms with van der Waals surface area (Å²) in [6, 6.07) is 21.5. The first-order chi connectivity index (χ1) is 13.1. The molecule has 2 nitrogen and oxygen atoms in total. The molecule has 1 N–H and O–H groups in total. The first-order valence-electron chi connectivity index (χ1n) is 9.89. The molecule has 5 atom stereocenters. The van der Waals surface area contributed by atoms with Gasteiger partial charge < -0.3 is 5.11 Å². The molecule has 144 valence electrons. The van der Waals surface area contributed by atoms with Gasteiger partial charge in [0.15, 0.2) is 0 Å². The minimum absolute atomic E-state index is 0.273. The highest BCUT2D eigenvalue weighted by Gasteiger charge is 2.52. The number of carboxylic acids is 1. The third-order valence-electron chi connectivity index (χ3n) is 6.46. The maximum absolute atomic E-state index is 11.9. The molecular formula is C23H27BrO2S. The van der Waals surface area contributed by atoms with Gasteiger partial charge in [0.1, 0.15) is 0 Å². The van der Waals surface area contributed by atoms with Gasteiger partial charge in [-0.2, -0.15) is 8.46 Å². The van der Waals surface area contributed by atoms with Gasteiger partial charge in [-0.25, -0.2) is 0 Å². The SMILES string of the molecule is O=C(O)CS1(Br)C(c2ccccc2)CC(c2ccccc2)C2CCCCC21. The van der Waals surface area contributed by atoms with Crippen LogP contribution in [0.5, 0.6) is 0 Å². The smallest absolute Gasteiger partial charge is 0.312 e. The summed E-state index contributed by atoms with van der Waals surface area (Å²) in [7, 11) is -1.46. The Balaban J connectivity index is 1.80. The van der Waals surface area contributed by atoms with E-state index in [0.717, 1.165) is 12.8 Å². The Morgan fingerprint density at radius 3 is 2.19 bits per heavy atom. The minimum atomic E-state index is -1.46. The van der Waals surface area contributed by atoms with E-state index in [9.17, 15) is 9.90 Å². The predicted octanol–water partition coefficient (Wildman–Crippen LogP) is 6.67. The molecule has 0 bridgehead atoms. The second-order valence-corrected chi connectivity index (χ2v) is 14.5. The molecule has 1 saturated heterocycles. The van der Waals surface area contributed by atoms with Crippen LogP contribution in [0.4, 0.5) is 0 Å². The summed E-state index contributed by atoms with van der Waals surface area (Å²) in [5.41, 5.74) is 2.73. The molecule has 1 saturated carbocycles. The first kappa shape index (κ1) is 19.1. The number of halogens is 1. The van der Waals surface area contributed by atoms with Crippen molar-refractivity contribution in [3.8, 4) is 0 Å². The Labute approximate surface area is 170 Å². The number of hydrogen-bond donors (Lipinski definition) is 1. The van der Waals surface area contributed by atoms with Gasteiger partial charge >= 0.3 is 5.97 Å². The molecule has 2 aliphatic rings. The molecule has 0 radical (unpaired) electrons. The maximum Gasteiger partial charge on any atom is 0.312 e. The molecule has 0 spiro atoms. The lowest BCUT2D eigenvalue weighted by Gasteiger charge is -2.58. The zero-order valence-corrected chi connectivity index (χ0v) is 17.9. The van der Waals surface area contributed by atoms with E-state index in [0.29, 0.717) is 22.3 Å². The molecule has 1 aliphatic heterocycles. The number of carbonyl (C=O) groups is 1. The summed E-state index contributed by atoms with van der Waals surface area (Å²) < 4.78 is 0. The normalized spacial score (nSPS) is 35.6. The van der Waals surface area contributed by atoms with E-state index in [1.54, 1.807) is 0 Å². The Bertz CT molecular complexity index is 781. The highest BCUT2D eigenvalue weighted by atomic mass is 79.9. The summed E-state index contributed by atoms with van der Waals surface area (Å²) >= 11 is 4.14. The lowest BCUT2D eigenvalue weighted by atomic mass is 9.73. The van der Waals surface area contributed by atoms with Crippen LogP contribution in [0.1, 0.15) is 54.4 Å². The van der Waals surface area contributed by atoms with Gasteiger partial charge in [0.25, 0.3) is 0 Å². The third-order valence-corrected chi connectivity index (χ3v) is 13.6. The highest BCUT2D eigenvalue weighted by molar-refractivity contribution is 9.58. The third kappa shape index (κ3) is 3.71. The van der Waals surface area contributed by atoms with E-state index in [-0.39, 0.29) is 5.75 Å². The molecule has 4 rings (SSSR count). The van der Waals surface area contributed by atoms with Gasteiger partial charge in [-0.1, -0.05) is 73.5 Å². The number of carboxylic acid groups (broad SMARTS) is 1. The number of fused-ring (bicyclic) bond motifs is 1. The summed E-state index contributed by atoms with van der Waals surface area (Å²) in [5, 5.41) is 10.5. The number of rotatable bonds is 4. The van der Waals surface area contributed by atoms with Crippen LogP contribution in [0.25, 0.3) is 0 Å². The van der Waals surface area contributed by atoms with Crippen molar-refractivity contribution in [3.05, 3.63) is 71.8 Å². The van der Waals surface area contributed by atoms with E-state index in [2.05, 4.69) is 69.4 Å². The quantitative estimate of drug-likeness (QED) is 0.568. The molecule has 27 heavy (non-hydrogen) atoms. The second-order valence-electron chi connectivity index (χ2n) is 7.93. The molecule has 5 unspecified atom stereocenters. The van der Waals surface area contributed by atoms with Crippen LogP contribution in [-0.4, -0.2) is 22.1 Å². The lowest BCUT2D eigenvalue weighted by molar-refractivity contribution is -0.134. The van der Waals surface area contributed by atoms with Crippen LogP contribution in [0, 0.1) is 5.92 Å². The number of aliphatic carboxylic acids is 1. The van der Waals surface area contributed by atoms with Crippen molar-refractivity contribution in [2.45, 2.75) is 48.5 Å². The van der Waals surface area contributed by atoms with Gasteiger partial charge in [-0.05, 0) is 57.0 Å². The number of benzene rings is 2. The first-order valence-corrected chi connectivity index (χ1v) is 13.7. The van der Waals surface area contributed by atoms with Gasteiger partial charge in [0, 0.05) is 10.5 Å². The fourth-order valence-corrected chi connectivity index (χ4v) is 12.3. The minimum Gasteiger partial charge on any atom is -0.481 e. The molecule has 2 aromatic rings. The average Bonchev–Trinajstić information content (AvgIpc) is 2.69. The molecule has 0 amide bonds. The summed E-state index contributed by atoms with van der Waals surface area (Å²) in [4.78, 5) is 11.9. The van der Waals surface area contributed by atoms with E-state index in [1.807, 2.05) is 6.07 Å². The van der Waals surface area contributed by atoms with Crippen LogP contribution < -0.4 is 0 Å². The Morgan fingerprint density at radius 1 is 0.963 bits per heavy atom. The van der Waals surface area contributed by atoms with E-state index in [4.69, 9.17) is 0 Å². The summed E-state index contributed by atoms with van der Waals surface area (Å²) in [5.74, 6) is 0.726. The van der Waals surface area contributed by atoms with Gasteiger partial charge in [-0.3, -0.25) is 4.79 Å². The van der Waals surface area contributed by atoms with Gasteiger partial charge in [0.05, 0.1) is 5.75 Å². The largest absolute Gasteiger partial charge is 0.481 e.